The van der Waals surface area contributed by atoms with Gasteiger partial charge in [-0.3, -0.25) is 0 Å². The van der Waals surface area contributed by atoms with Gasteiger partial charge in [0, 0.05) is 6.42 Å². The first kappa shape index (κ1) is 15.8. The third kappa shape index (κ3) is 1.95. The average molecular weight is 332 g/mol. The highest BCUT2D eigenvalue weighted by Gasteiger charge is 2.59. The second-order valence-corrected chi connectivity index (χ2v) is 9.65. The van der Waals surface area contributed by atoms with E-state index in [0.29, 0.717) is 5.41 Å². The van der Waals surface area contributed by atoms with Gasteiger partial charge in [-0.25, -0.2) is 0 Å². The summed E-state index contributed by atoms with van der Waals surface area (Å²) in [5, 5.41) is 10.6. The van der Waals surface area contributed by atoms with Crippen LogP contribution in [-0.2, 0) is 9.47 Å². The van der Waals surface area contributed by atoms with Crippen molar-refractivity contribution in [3.05, 3.63) is 11.6 Å². The summed E-state index contributed by atoms with van der Waals surface area (Å²) in [5.74, 6) is 1.94. The Morgan fingerprint density at radius 1 is 0.958 bits per heavy atom. The predicted octanol–water partition coefficient (Wildman–Crippen LogP) is 4.05. The molecule has 134 valence electrons. The molecule has 4 fully saturated rings. The monoisotopic (exact) mass is 332 g/mol. The number of hydrogen-bond donors (Lipinski definition) is 1. The van der Waals surface area contributed by atoms with Gasteiger partial charge in [0.25, 0.3) is 0 Å². The number of aliphatic hydroxyl groups is 1. The Bertz CT molecular complexity index is 563. The summed E-state index contributed by atoms with van der Waals surface area (Å²) in [6.45, 7) is 6.37. The van der Waals surface area contributed by atoms with E-state index >= 15 is 0 Å². The quantitative estimate of drug-likeness (QED) is 0.680. The molecule has 1 spiro atoms. The summed E-state index contributed by atoms with van der Waals surface area (Å²) >= 11 is 0. The molecule has 6 atom stereocenters. The van der Waals surface area contributed by atoms with Gasteiger partial charge in [-0.15, -0.1) is 0 Å². The Labute approximate surface area is 145 Å². The molecule has 0 aromatic rings. The minimum atomic E-state index is -0.394. The summed E-state index contributed by atoms with van der Waals surface area (Å²) in [7, 11) is 0. The summed E-state index contributed by atoms with van der Waals surface area (Å²) < 4.78 is 12.0. The molecule has 24 heavy (non-hydrogen) atoms. The van der Waals surface area contributed by atoms with Gasteiger partial charge in [0.2, 0.25) is 0 Å². The van der Waals surface area contributed by atoms with Crippen LogP contribution < -0.4 is 0 Å². The molecule has 5 rings (SSSR count). The van der Waals surface area contributed by atoms with E-state index in [0.717, 1.165) is 43.8 Å². The molecule has 1 N–H and O–H groups in total. The first-order valence-electron chi connectivity index (χ1n) is 10.2. The Kier molecular flexibility index (Phi) is 3.35. The van der Waals surface area contributed by atoms with Crippen molar-refractivity contribution in [1.29, 1.82) is 0 Å². The van der Waals surface area contributed by atoms with E-state index in [1.807, 2.05) is 0 Å². The molecule has 0 aromatic carbocycles. The lowest BCUT2D eigenvalue weighted by Crippen LogP contribution is -2.52. The van der Waals surface area contributed by atoms with E-state index in [-0.39, 0.29) is 11.5 Å². The molecule has 3 nitrogen and oxygen atoms in total. The van der Waals surface area contributed by atoms with E-state index in [1.165, 1.54) is 38.5 Å². The minimum absolute atomic E-state index is 0.0666. The largest absolute Gasteiger partial charge is 0.393 e. The first-order chi connectivity index (χ1) is 11.5. The third-order valence-electron chi connectivity index (χ3n) is 8.85. The zero-order valence-electron chi connectivity index (χ0n) is 15.2. The number of aliphatic hydroxyl groups excluding tert-OH is 1. The second kappa shape index (κ2) is 5.08. The summed E-state index contributed by atoms with van der Waals surface area (Å²) in [6, 6.07) is 0. The van der Waals surface area contributed by atoms with Gasteiger partial charge in [-0.2, -0.15) is 0 Å². The van der Waals surface area contributed by atoms with Crippen LogP contribution in [0, 0.1) is 28.6 Å². The van der Waals surface area contributed by atoms with Crippen LogP contribution in [-0.4, -0.2) is 30.2 Å². The van der Waals surface area contributed by atoms with Crippen molar-refractivity contribution < 1.29 is 14.6 Å². The molecule has 5 aliphatic rings. The van der Waals surface area contributed by atoms with Gasteiger partial charge in [0.1, 0.15) is 0 Å². The Morgan fingerprint density at radius 3 is 2.54 bits per heavy atom. The highest BCUT2D eigenvalue weighted by Crippen LogP contribution is 2.66. The maximum absolute atomic E-state index is 10.6. The molecule has 0 amide bonds. The van der Waals surface area contributed by atoms with Crippen LogP contribution in [0.2, 0.25) is 0 Å². The molecule has 0 radical (unpaired) electrons. The molecular formula is C21H32O3. The summed E-state index contributed by atoms with van der Waals surface area (Å²) in [4.78, 5) is 0. The van der Waals surface area contributed by atoms with Crippen molar-refractivity contribution in [3.8, 4) is 0 Å². The molecule has 4 aliphatic carbocycles. The van der Waals surface area contributed by atoms with Gasteiger partial charge in [-0.05, 0) is 79.6 Å². The minimum Gasteiger partial charge on any atom is -0.393 e. The smallest absolute Gasteiger partial charge is 0.188 e. The van der Waals surface area contributed by atoms with E-state index in [4.69, 9.17) is 9.47 Å². The normalized spacial score (nSPS) is 52.5. The van der Waals surface area contributed by atoms with E-state index in [2.05, 4.69) is 19.9 Å². The third-order valence-corrected chi connectivity index (χ3v) is 8.85. The molecule has 1 aliphatic heterocycles. The van der Waals surface area contributed by atoms with Crippen LogP contribution in [0.3, 0.4) is 0 Å². The molecule has 0 bridgehead atoms. The van der Waals surface area contributed by atoms with Gasteiger partial charge >= 0.3 is 0 Å². The van der Waals surface area contributed by atoms with Crippen LogP contribution >= 0.6 is 0 Å². The highest BCUT2D eigenvalue weighted by atomic mass is 16.7. The van der Waals surface area contributed by atoms with Crippen LogP contribution in [0.25, 0.3) is 0 Å². The number of allylic oxidation sites excluding steroid dienone is 1. The van der Waals surface area contributed by atoms with Gasteiger partial charge < -0.3 is 14.6 Å². The summed E-state index contributed by atoms with van der Waals surface area (Å²) in [6.07, 6.45) is 11.8. The molecule has 3 heteroatoms. The fraction of sp³-hybridized carbons (Fsp3) is 0.905. The van der Waals surface area contributed by atoms with Crippen LogP contribution in [0.15, 0.2) is 11.6 Å². The standard InChI is InChI=1S/C21H32O3/c1-19-9-10-21(23-11-12-24-21)13-14(19)3-4-15-16-5-6-18(22)20(16,2)8-7-17(15)19/h13,15-18,22H,3-12H2,1-2H3/t15-,16+,17-,18+,19-,20+/m1/s1. The maximum Gasteiger partial charge on any atom is 0.188 e. The predicted molar refractivity (Wildman–Crippen MR) is 92.3 cm³/mol. The van der Waals surface area contributed by atoms with Crippen molar-refractivity contribution in [1.82, 2.24) is 0 Å². The van der Waals surface area contributed by atoms with Crippen LogP contribution in [0.1, 0.15) is 65.2 Å². The van der Waals surface area contributed by atoms with Gasteiger partial charge in [0.05, 0.1) is 19.3 Å². The molecular weight excluding hydrogens is 300 g/mol. The Hall–Kier alpha value is -0.380. The lowest BCUT2D eigenvalue weighted by Gasteiger charge is -2.58. The maximum atomic E-state index is 10.6. The fourth-order valence-electron chi connectivity index (χ4n) is 7.35. The van der Waals surface area contributed by atoms with Crippen LogP contribution in [0.4, 0.5) is 0 Å². The van der Waals surface area contributed by atoms with Crippen LogP contribution in [0.5, 0.6) is 0 Å². The molecule has 1 heterocycles. The topological polar surface area (TPSA) is 38.7 Å². The fourth-order valence-corrected chi connectivity index (χ4v) is 7.35. The lowest BCUT2D eigenvalue weighted by atomic mass is 9.47. The lowest BCUT2D eigenvalue weighted by molar-refractivity contribution is -0.145. The van der Waals surface area contributed by atoms with Crippen molar-refractivity contribution in [3.63, 3.8) is 0 Å². The number of rotatable bonds is 0. The second-order valence-electron chi connectivity index (χ2n) is 9.65. The Morgan fingerprint density at radius 2 is 1.75 bits per heavy atom. The number of hydrogen-bond acceptors (Lipinski definition) is 3. The highest BCUT2D eigenvalue weighted by molar-refractivity contribution is 5.27. The average Bonchev–Trinajstić information content (AvgIpc) is 3.14. The molecule has 0 unspecified atom stereocenters. The van der Waals surface area contributed by atoms with Crippen molar-refractivity contribution >= 4 is 0 Å². The molecule has 1 saturated heterocycles. The molecule has 0 aromatic heterocycles. The molecule has 3 saturated carbocycles. The number of ether oxygens (including phenoxy) is 2. The Balaban J connectivity index is 1.47. The van der Waals surface area contributed by atoms with E-state index in [1.54, 1.807) is 5.57 Å². The zero-order chi connectivity index (χ0) is 16.6. The number of fused-ring (bicyclic) bond motifs is 5. The summed E-state index contributed by atoms with van der Waals surface area (Å²) in [5.41, 5.74) is 2.13. The van der Waals surface area contributed by atoms with Crippen molar-refractivity contribution in [2.75, 3.05) is 13.2 Å². The van der Waals surface area contributed by atoms with Crippen molar-refractivity contribution in [2.24, 2.45) is 28.6 Å². The van der Waals surface area contributed by atoms with E-state index < -0.39 is 5.79 Å². The van der Waals surface area contributed by atoms with Gasteiger partial charge in [0.15, 0.2) is 5.79 Å². The van der Waals surface area contributed by atoms with Crippen molar-refractivity contribution in [2.45, 2.75) is 77.1 Å². The van der Waals surface area contributed by atoms with Gasteiger partial charge in [-0.1, -0.05) is 19.4 Å². The van der Waals surface area contributed by atoms with E-state index in [9.17, 15) is 5.11 Å². The SMILES string of the molecule is C[C@]12CC[C@@H]3[C@H](CCC4=CC5(CC[C@]43C)OCCO5)[C@@H]1CC[C@@H]2O. The zero-order valence-corrected chi connectivity index (χ0v) is 15.2. The first-order valence-corrected chi connectivity index (χ1v) is 10.2.